The third-order valence-electron chi connectivity index (χ3n) is 11.4. The molecule has 11 heteroatoms. The normalized spacial score (nSPS) is 12.5. The smallest absolute Gasteiger partial charge is 0.259 e. The summed E-state index contributed by atoms with van der Waals surface area (Å²) in [4.78, 5) is 0. The first-order chi connectivity index (χ1) is 33.9. The molecule has 0 aromatic heterocycles. The van der Waals surface area contributed by atoms with Crippen LogP contribution in [0.15, 0.2) is 182 Å². The molecule has 69 heavy (non-hydrogen) atoms. The molecule has 0 spiro atoms. The zero-order chi connectivity index (χ0) is 48.4. The third kappa shape index (κ3) is 15.2. The Morgan fingerprint density at radius 1 is 0.420 bits per heavy atom. The number of nitrogens with zero attached hydrogens (tertiary/aromatic N) is 2. The van der Waals surface area contributed by atoms with Gasteiger partial charge in [0.2, 0.25) is 0 Å². The van der Waals surface area contributed by atoms with Crippen molar-refractivity contribution in [3.05, 3.63) is 215 Å². The highest BCUT2D eigenvalue weighted by atomic mass is 31.2. The van der Waals surface area contributed by atoms with Gasteiger partial charge in [0.15, 0.2) is 0 Å². The van der Waals surface area contributed by atoms with Crippen LogP contribution in [0.4, 0.5) is 0 Å². The Hall–Kier alpha value is -5.12. The van der Waals surface area contributed by atoms with Crippen molar-refractivity contribution in [3.8, 4) is 6.07 Å². The average Bonchev–Trinajstić information content (AvgIpc) is 3.39. The van der Waals surface area contributed by atoms with Crippen LogP contribution in [0.3, 0.4) is 0 Å². The molecule has 0 saturated heterocycles. The van der Waals surface area contributed by atoms with Gasteiger partial charge < -0.3 is 37.5 Å². The topological polar surface area (TPSA) is 101 Å². The Morgan fingerprint density at radius 3 is 1.00 bits per heavy atom. The summed E-state index contributed by atoms with van der Waals surface area (Å²) >= 11 is 0. The van der Waals surface area contributed by atoms with Crippen molar-refractivity contribution in [3.63, 3.8) is 0 Å². The highest BCUT2D eigenvalue weighted by Gasteiger charge is 2.39. The van der Waals surface area contributed by atoms with E-state index < -0.39 is 25.8 Å². The van der Waals surface area contributed by atoms with E-state index in [1.165, 1.54) is 0 Å². The van der Waals surface area contributed by atoms with E-state index in [0.717, 1.165) is 33.4 Å². The highest BCUT2D eigenvalue weighted by molar-refractivity contribution is 7.44. The molecule has 0 amide bonds. The van der Waals surface area contributed by atoms with Crippen LogP contribution < -0.4 is 0 Å². The van der Waals surface area contributed by atoms with Gasteiger partial charge in [0.05, 0.1) is 85.2 Å². The lowest BCUT2D eigenvalue weighted by atomic mass is 9.80. The van der Waals surface area contributed by atoms with E-state index in [2.05, 4.69) is 111 Å². The van der Waals surface area contributed by atoms with Crippen LogP contribution in [0.2, 0.25) is 0 Å². The Labute approximate surface area is 412 Å². The summed E-state index contributed by atoms with van der Waals surface area (Å²) in [5.74, 6) is 0. The maximum atomic E-state index is 9.30. The minimum Gasteiger partial charge on any atom is -0.377 e. The van der Waals surface area contributed by atoms with Crippen molar-refractivity contribution in [2.75, 3.05) is 72.7 Å². The van der Waals surface area contributed by atoms with Crippen LogP contribution in [-0.2, 0) is 48.7 Å². The second-order valence-electron chi connectivity index (χ2n) is 16.9. The number of nitriles is 1. The van der Waals surface area contributed by atoms with Crippen LogP contribution in [0.5, 0.6) is 0 Å². The summed E-state index contributed by atoms with van der Waals surface area (Å²) in [6.45, 7) is 12.1. The van der Waals surface area contributed by atoms with E-state index in [4.69, 9.17) is 37.5 Å². The molecule has 0 fully saturated rings. The van der Waals surface area contributed by atoms with E-state index in [1.807, 2.05) is 109 Å². The van der Waals surface area contributed by atoms with Gasteiger partial charge in [-0.05, 0) is 61.1 Å². The number of benzene rings is 6. The van der Waals surface area contributed by atoms with E-state index in [1.54, 1.807) is 0 Å². The van der Waals surface area contributed by atoms with Gasteiger partial charge in [-0.25, -0.2) is 4.67 Å². The van der Waals surface area contributed by atoms with E-state index in [0.29, 0.717) is 52.9 Å². The molecule has 0 bridgehead atoms. The van der Waals surface area contributed by atoms with Gasteiger partial charge in [-0.15, -0.1) is 0 Å². The lowest BCUT2D eigenvalue weighted by molar-refractivity contribution is -0.0556. The Balaban J connectivity index is 1.03. The van der Waals surface area contributed by atoms with Crippen molar-refractivity contribution in [2.45, 2.75) is 63.5 Å². The molecule has 0 N–H and O–H groups in total. The summed E-state index contributed by atoms with van der Waals surface area (Å²) in [5.41, 5.74) is 4.59. The molecular weight excluding hydrogens is 884 g/mol. The zero-order valence-electron chi connectivity index (χ0n) is 40.6. The quantitative estimate of drug-likeness (QED) is 0.0231. The molecule has 0 saturated carbocycles. The first-order valence-electron chi connectivity index (χ1n) is 24.1. The Kier molecular flexibility index (Phi) is 22.5. The van der Waals surface area contributed by atoms with Crippen molar-refractivity contribution in [1.29, 1.82) is 5.26 Å². The molecular formula is C58H69N2O8P. The minimum absolute atomic E-state index is 0.140. The van der Waals surface area contributed by atoms with Gasteiger partial charge in [0.1, 0.15) is 17.3 Å². The van der Waals surface area contributed by atoms with Crippen LogP contribution in [0.1, 0.15) is 67.5 Å². The monoisotopic (exact) mass is 952 g/mol. The van der Waals surface area contributed by atoms with E-state index >= 15 is 0 Å². The lowest BCUT2D eigenvalue weighted by Gasteiger charge is -2.37. The fraction of sp³-hybridized carbons (Fsp3) is 0.362. The minimum atomic E-state index is -1.53. The van der Waals surface area contributed by atoms with Crippen molar-refractivity contribution >= 4 is 8.53 Å². The summed E-state index contributed by atoms with van der Waals surface area (Å²) in [6, 6.07) is 64.4. The molecule has 0 heterocycles. The van der Waals surface area contributed by atoms with Gasteiger partial charge in [-0.1, -0.05) is 182 Å². The molecule has 1 unspecified atom stereocenters. The molecule has 6 aromatic rings. The second kappa shape index (κ2) is 29.2. The average molecular weight is 953 g/mol. The fourth-order valence-corrected chi connectivity index (χ4v) is 10.1. The standard InChI is InChI=1S/C58H69N2O8P/c1-48(2)60(49(3)4)69(67-37-23-36-59)68-56(46-63-40-38-61-42-44-65-57(50-24-11-5-12-25-50,51-26-13-6-14-27-51)52-28-15-7-16-29-52)47-64-41-39-62-43-45-66-58(53-30-17-8-18-31-53,54-32-19-9-20-33-54)55-34-21-10-22-35-55/h5-22,24-35,48-49,56H,23,37-47H2,1-4H3. The van der Waals surface area contributed by atoms with Crippen LogP contribution in [0.25, 0.3) is 0 Å². The van der Waals surface area contributed by atoms with E-state index in [9.17, 15) is 5.26 Å². The predicted octanol–water partition coefficient (Wildman–Crippen LogP) is 11.7. The molecule has 0 radical (unpaired) electrons. The first-order valence-corrected chi connectivity index (χ1v) is 25.2. The van der Waals surface area contributed by atoms with Crippen LogP contribution >= 0.6 is 8.53 Å². The van der Waals surface area contributed by atoms with E-state index in [-0.39, 0.29) is 38.3 Å². The number of hydrogen-bond donors (Lipinski definition) is 0. The number of ether oxygens (including phenoxy) is 6. The third-order valence-corrected chi connectivity index (χ3v) is 13.6. The summed E-state index contributed by atoms with van der Waals surface area (Å²) in [5, 5.41) is 9.30. The molecule has 0 aliphatic rings. The molecule has 6 aromatic carbocycles. The molecule has 0 aliphatic heterocycles. The number of rotatable bonds is 32. The van der Waals surface area contributed by atoms with Crippen LogP contribution in [-0.4, -0.2) is 95.5 Å². The second-order valence-corrected chi connectivity index (χ2v) is 18.3. The molecule has 364 valence electrons. The van der Waals surface area contributed by atoms with Gasteiger partial charge in [0, 0.05) is 12.1 Å². The summed E-state index contributed by atoms with van der Waals surface area (Å²) < 4.78 is 53.5. The van der Waals surface area contributed by atoms with Crippen LogP contribution in [0, 0.1) is 11.3 Å². The largest absolute Gasteiger partial charge is 0.377 e. The maximum absolute atomic E-state index is 9.30. The maximum Gasteiger partial charge on any atom is 0.259 e. The van der Waals surface area contributed by atoms with Crippen molar-refractivity contribution in [2.24, 2.45) is 0 Å². The molecule has 0 aliphatic carbocycles. The molecule has 10 nitrogen and oxygen atoms in total. The zero-order valence-corrected chi connectivity index (χ0v) is 41.5. The highest BCUT2D eigenvalue weighted by Crippen LogP contribution is 2.47. The molecule has 6 rings (SSSR count). The van der Waals surface area contributed by atoms with Crippen molar-refractivity contribution in [1.82, 2.24) is 4.67 Å². The Morgan fingerprint density at radius 2 is 0.710 bits per heavy atom. The Bertz CT molecular complexity index is 1960. The summed E-state index contributed by atoms with van der Waals surface area (Å²) in [6.07, 6.45) is -0.200. The van der Waals surface area contributed by atoms with Gasteiger partial charge >= 0.3 is 0 Å². The first kappa shape index (κ1) is 53.2. The van der Waals surface area contributed by atoms with Gasteiger partial charge in [-0.2, -0.15) is 5.26 Å². The predicted molar refractivity (Wildman–Crippen MR) is 274 cm³/mol. The van der Waals surface area contributed by atoms with Gasteiger partial charge in [0.25, 0.3) is 8.53 Å². The van der Waals surface area contributed by atoms with Crippen molar-refractivity contribution < 1.29 is 37.5 Å². The van der Waals surface area contributed by atoms with Gasteiger partial charge in [-0.3, -0.25) is 0 Å². The fourth-order valence-electron chi connectivity index (χ4n) is 8.44. The molecule has 1 atom stereocenters. The SMILES string of the molecule is CC(C)N(C(C)C)P(OCCC#N)OC(COCCOCCOC(c1ccccc1)(c1ccccc1)c1ccccc1)COCCOCCOC(c1ccccc1)(c1ccccc1)c1ccccc1. The lowest BCUT2D eigenvalue weighted by Crippen LogP contribution is -2.36. The summed E-state index contributed by atoms with van der Waals surface area (Å²) in [7, 11) is -1.53. The number of hydrogen-bond acceptors (Lipinski definition) is 10.